The summed E-state index contributed by atoms with van der Waals surface area (Å²) in [7, 11) is 1.85. The Balaban J connectivity index is 2.44. The standard InChI is InChI=1S/C11H18N2OS/c1-8(7-12-3)11(14)13-9(2)10-5-4-6-15-10/h4-6,8-9,12H,7H2,1-3H3,(H,13,14)/t8?,9-/m1/s1. The van der Waals surface area contributed by atoms with Crippen LogP contribution in [-0.4, -0.2) is 19.5 Å². The van der Waals surface area contributed by atoms with Crippen molar-refractivity contribution in [2.45, 2.75) is 19.9 Å². The van der Waals surface area contributed by atoms with Gasteiger partial charge in [0.15, 0.2) is 0 Å². The number of rotatable bonds is 5. The Bertz CT molecular complexity index is 298. The average molecular weight is 226 g/mol. The van der Waals surface area contributed by atoms with Gasteiger partial charge >= 0.3 is 0 Å². The van der Waals surface area contributed by atoms with Crippen LogP contribution in [0.2, 0.25) is 0 Å². The molecule has 4 heteroatoms. The van der Waals surface area contributed by atoms with Crippen LogP contribution in [0, 0.1) is 5.92 Å². The van der Waals surface area contributed by atoms with Crippen molar-refractivity contribution < 1.29 is 4.79 Å². The Kier molecular flexibility index (Phi) is 4.78. The maximum absolute atomic E-state index is 11.7. The minimum atomic E-state index is 0.0115. The van der Waals surface area contributed by atoms with Crippen LogP contribution >= 0.6 is 11.3 Å². The van der Waals surface area contributed by atoms with Crippen molar-refractivity contribution in [2.24, 2.45) is 5.92 Å². The monoisotopic (exact) mass is 226 g/mol. The first-order valence-corrected chi connectivity index (χ1v) is 6.01. The molecule has 0 aromatic carbocycles. The maximum Gasteiger partial charge on any atom is 0.224 e. The Morgan fingerprint density at radius 1 is 1.53 bits per heavy atom. The summed E-state index contributed by atoms with van der Waals surface area (Å²) in [5.74, 6) is 0.114. The summed E-state index contributed by atoms with van der Waals surface area (Å²) in [6.07, 6.45) is 0. The van der Waals surface area contributed by atoms with Gasteiger partial charge in [-0.2, -0.15) is 0 Å². The van der Waals surface area contributed by atoms with Crippen molar-refractivity contribution >= 4 is 17.2 Å². The molecule has 15 heavy (non-hydrogen) atoms. The zero-order valence-corrected chi connectivity index (χ0v) is 10.2. The van der Waals surface area contributed by atoms with Crippen LogP contribution in [-0.2, 0) is 4.79 Å². The second-order valence-corrected chi connectivity index (χ2v) is 4.68. The van der Waals surface area contributed by atoms with Crippen LogP contribution in [0.5, 0.6) is 0 Å². The molecule has 0 saturated carbocycles. The SMILES string of the molecule is CNCC(C)C(=O)N[C@H](C)c1cccs1. The van der Waals surface area contributed by atoms with E-state index in [0.29, 0.717) is 6.54 Å². The fraction of sp³-hybridized carbons (Fsp3) is 0.545. The third-order valence-corrected chi connectivity index (χ3v) is 3.34. The molecule has 0 bridgehead atoms. The van der Waals surface area contributed by atoms with Gasteiger partial charge < -0.3 is 10.6 Å². The average Bonchev–Trinajstić information content (AvgIpc) is 2.70. The molecule has 3 nitrogen and oxygen atoms in total. The lowest BCUT2D eigenvalue weighted by Crippen LogP contribution is -2.35. The first-order valence-electron chi connectivity index (χ1n) is 5.13. The first kappa shape index (κ1) is 12.2. The first-order chi connectivity index (χ1) is 7.15. The number of amides is 1. The van der Waals surface area contributed by atoms with Gasteiger partial charge in [-0.05, 0) is 25.4 Å². The van der Waals surface area contributed by atoms with Gasteiger partial charge in [-0.15, -0.1) is 11.3 Å². The van der Waals surface area contributed by atoms with Crippen LogP contribution in [0.25, 0.3) is 0 Å². The third kappa shape index (κ3) is 3.64. The number of nitrogens with one attached hydrogen (secondary N) is 2. The van der Waals surface area contributed by atoms with Crippen LogP contribution < -0.4 is 10.6 Å². The normalized spacial score (nSPS) is 14.6. The Labute approximate surface area is 94.9 Å². The number of carbonyl (C=O) groups excluding carboxylic acids is 1. The van der Waals surface area contributed by atoms with E-state index in [1.807, 2.05) is 38.4 Å². The molecule has 0 fully saturated rings. The van der Waals surface area contributed by atoms with Gasteiger partial charge in [0, 0.05) is 17.3 Å². The molecular formula is C11H18N2OS. The van der Waals surface area contributed by atoms with E-state index in [1.165, 1.54) is 4.88 Å². The lowest BCUT2D eigenvalue weighted by Gasteiger charge is -2.16. The number of carbonyl (C=O) groups is 1. The number of hydrogen-bond acceptors (Lipinski definition) is 3. The molecule has 1 aromatic rings. The molecule has 0 saturated heterocycles. The molecule has 1 aromatic heterocycles. The minimum Gasteiger partial charge on any atom is -0.348 e. The molecule has 1 amide bonds. The fourth-order valence-corrected chi connectivity index (χ4v) is 2.10. The predicted octanol–water partition coefficient (Wildman–Crippen LogP) is 1.78. The zero-order chi connectivity index (χ0) is 11.3. The van der Waals surface area contributed by atoms with Gasteiger partial charge in [0.2, 0.25) is 5.91 Å². The van der Waals surface area contributed by atoms with Gasteiger partial charge in [-0.1, -0.05) is 13.0 Å². The van der Waals surface area contributed by atoms with Crippen LogP contribution in [0.3, 0.4) is 0 Å². The Morgan fingerprint density at radius 2 is 2.27 bits per heavy atom. The maximum atomic E-state index is 11.7. The molecule has 0 aliphatic heterocycles. The zero-order valence-electron chi connectivity index (χ0n) is 9.41. The van der Waals surface area contributed by atoms with E-state index in [0.717, 1.165) is 0 Å². The molecule has 2 atom stereocenters. The van der Waals surface area contributed by atoms with Crippen molar-refractivity contribution in [3.8, 4) is 0 Å². The van der Waals surface area contributed by atoms with E-state index in [2.05, 4.69) is 10.6 Å². The second-order valence-electron chi connectivity index (χ2n) is 3.70. The highest BCUT2D eigenvalue weighted by Crippen LogP contribution is 2.18. The summed E-state index contributed by atoms with van der Waals surface area (Å²) in [5.41, 5.74) is 0. The van der Waals surface area contributed by atoms with E-state index < -0.39 is 0 Å². The van der Waals surface area contributed by atoms with Gasteiger partial charge in [-0.25, -0.2) is 0 Å². The van der Waals surface area contributed by atoms with E-state index >= 15 is 0 Å². The topological polar surface area (TPSA) is 41.1 Å². The summed E-state index contributed by atoms with van der Waals surface area (Å²) in [6.45, 7) is 4.64. The van der Waals surface area contributed by atoms with Crippen molar-refractivity contribution in [2.75, 3.05) is 13.6 Å². The summed E-state index contributed by atoms with van der Waals surface area (Å²) in [6, 6.07) is 4.15. The lowest BCUT2D eigenvalue weighted by atomic mass is 10.1. The molecule has 0 spiro atoms. The van der Waals surface area contributed by atoms with Crippen LogP contribution in [0.4, 0.5) is 0 Å². The van der Waals surface area contributed by atoms with Gasteiger partial charge in [0.05, 0.1) is 6.04 Å². The molecule has 1 rings (SSSR count). The van der Waals surface area contributed by atoms with Gasteiger partial charge in [0.1, 0.15) is 0 Å². The molecule has 0 radical (unpaired) electrons. The molecule has 1 unspecified atom stereocenters. The van der Waals surface area contributed by atoms with E-state index in [9.17, 15) is 4.79 Å². The molecule has 84 valence electrons. The Morgan fingerprint density at radius 3 is 2.80 bits per heavy atom. The lowest BCUT2D eigenvalue weighted by molar-refractivity contribution is -0.125. The van der Waals surface area contributed by atoms with Crippen molar-refractivity contribution in [1.29, 1.82) is 0 Å². The number of hydrogen-bond donors (Lipinski definition) is 2. The fourth-order valence-electron chi connectivity index (χ4n) is 1.36. The quantitative estimate of drug-likeness (QED) is 0.803. The van der Waals surface area contributed by atoms with Crippen molar-refractivity contribution in [3.05, 3.63) is 22.4 Å². The molecule has 1 heterocycles. The van der Waals surface area contributed by atoms with Crippen LogP contribution in [0.1, 0.15) is 24.8 Å². The van der Waals surface area contributed by atoms with Crippen molar-refractivity contribution in [3.63, 3.8) is 0 Å². The highest BCUT2D eigenvalue weighted by atomic mass is 32.1. The molecule has 2 N–H and O–H groups in total. The summed E-state index contributed by atoms with van der Waals surface area (Å²) in [4.78, 5) is 12.9. The molecule has 0 aliphatic rings. The number of thiophene rings is 1. The van der Waals surface area contributed by atoms with E-state index in [1.54, 1.807) is 11.3 Å². The smallest absolute Gasteiger partial charge is 0.224 e. The van der Waals surface area contributed by atoms with Gasteiger partial charge in [0.25, 0.3) is 0 Å². The minimum absolute atomic E-state index is 0.0115. The van der Waals surface area contributed by atoms with E-state index in [4.69, 9.17) is 0 Å². The highest BCUT2D eigenvalue weighted by molar-refractivity contribution is 7.10. The van der Waals surface area contributed by atoms with Gasteiger partial charge in [-0.3, -0.25) is 4.79 Å². The largest absolute Gasteiger partial charge is 0.348 e. The van der Waals surface area contributed by atoms with Crippen LogP contribution in [0.15, 0.2) is 17.5 Å². The third-order valence-electron chi connectivity index (χ3n) is 2.29. The molecule has 0 aliphatic carbocycles. The van der Waals surface area contributed by atoms with E-state index in [-0.39, 0.29) is 17.9 Å². The summed E-state index contributed by atoms with van der Waals surface area (Å²) < 4.78 is 0. The summed E-state index contributed by atoms with van der Waals surface area (Å²) >= 11 is 1.67. The second kappa shape index (κ2) is 5.88. The van der Waals surface area contributed by atoms with Crippen molar-refractivity contribution in [1.82, 2.24) is 10.6 Å². The highest BCUT2D eigenvalue weighted by Gasteiger charge is 2.15. The summed E-state index contributed by atoms with van der Waals surface area (Å²) in [5, 5.41) is 8.02. The Hall–Kier alpha value is -0.870. The molecular weight excluding hydrogens is 208 g/mol. The predicted molar refractivity (Wildman–Crippen MR) is 64.0 cm³/mol.